The number of piperazine rings is 1. The Labute approximate surface area is 108 Å². The van der Waals surface area contributed by atoms with Crippen molar-refractivity contribution >= 4 is 11.9 Å². The summed E-state index contributed by atoms with van der Waals surface area (Å²) in [5, 5.41) is 2.61. The predicted molar refractivity (Wildman–Crippen MR) is 69.1 cm³/mol. The molecule has 0 aromatic carbocycles. The van der Waals surface area contributed by atoms with Gasteiger partial charge in [-0.05, 0) is 18.8 Å². The number of hydrogen-bond donors (Lipinski definition) is 1. The van der Waals surface area contributed by atoms with E-state index >= 15 is 0 Å². The van der Waals surface area contributed by atoms with Crippen molar-refractivity contribution in [2.24, 2.45) is 5.92 Å². The number of carbonyl (C=O) groups is 2. The fraction of sp³-hybridized carbons (Fsp3) is 0.692. The molecule has 18 heavy (non-hydrogen) atoms. The van der Waals surface area contributed by atoms with Gasteiger partial charge in [-0.15, -0.1) is 0 Å². The first kappa shape index (κ1) is 12.9. The van der Waals surface area contributed by atoms with Crippen LogP contribution in [0.3, 0.4) is 0 Å². The number of carbonyl (C=O) groups excluding carboxylic acids is 2. The summed E-state index contributed by atoms with van der Waals surface area (Å²) in [6.45, 7) is 2.57. The lowest BCUT2D eigenvalue weighted by molar-refractivity contribution is -0.133. The zero-order chi connectivity index (χ0) is 13.0. The highest BCUT2D eigenvalue weighted by Crippen LogP contribution is 2.21. The molecule has 2 aliphatic rings. The van der Waals surface area contributed by atoms with Crippen LogP contribution in [0.4, 0.5) is 4.79 Å². The Kier molecular flexibility index (Phi) is 4.23. The maximum Gasteiger partial charge on any atom is 0.317 e. The highest BCUT2D eigenvalue weighted by molar-refractivity contribution is 5.78. The summed E-state index contributed by atoms with van der Waals surface area (Å²) >= 11 is 0. The molecule has 5 nitrogen and oxygen atoms in total. The molecule has 5 heteroatoms. The number of urea groups is 1. The van der Waals surface area contributed by atoms with Crippen molar-refractivity contribution < 1.29 is 9.59 Å². The molecule has 1 aliphatic carbocycles. The van der Waals surface area contributed by atoms with Crippen LogP contribution in [0.25, 0.3) is 0 Å². The molecule has 2 rings (SSSR count). The van der Waals surface area contributed by atoms with E-state index in [1.54, 1.807) is 11.9 Å². The summed E-state index contributed by atoms with van der Waals surface area (Å²) in [4.78, 5) is 27.1. The second kappa shape index (κ2) is 5.89. The van der Waals surface area contributed by atoms with E-state index in [1.807, 2.05) is 4.90 Å². The molecule has 1 atom stereocenters. The molecule has 0 saturated carbocycles. The quantitative estimate of drug-likeness (QED) is 0.739. The summed E-state index contributed by atoms with van der Waals surface area (Å²) < 4.78 is 0. The summed E-state index contributed by atoms with van der Waals surface area (Å²) in [5.41, 5.74) is 0. The number of hydrogen-bond acceptors (Lipinski definition) is 2. The van der Waals surface area contributed by atoms with Gasteiger partial charge in [0.25, 0.3) is 0 Å². The Bertz CT molecular complexity index is 346. The number of allylic oxidation sites excluding steroid dienone is 2. The lowest BCUT2D eigenvalue weighted by Gasteiger charge is -2.34. The van der Waals surface area contributed by atoms with E-state index in [4.69, 9.17) is 0 Å². The third-order valence-electron chi connectivity index (χ3n) is 3.68. The first-order valence-electron chi connectivity index (χ1n) is 6.62. The minimum atomic E-state index is -0.0548. The standard InChI is InChI=1S/C13H21N3O2/c1-14-13(18)16-8-6-15(7-9-16)12(17)10-11-4-2-3-5-11/h2,4,11H,3,5-10H2,1H3,(H,14,18). The summed E-state index contributed by atoms with van der Waals surface area (Å²) in [5.74, 6) is 0.651. The third-order valence-corrected chi connectivity index (χ3v) is 3.68. The Morgan fingerprint density at radius 2 is 1.89 bits per heavy atom. The molecule has 0 spiro atoms. The number of rotatable bonds is 2. The number of nitrogens with zero attached hydrogens (tertiary/aromatic N) is 2. The minimum Gasteiger partial charge on any atom is -0.341 e. The van der Waals surface area contributed by atoms with Crippen molar-refractivity contribution in [3.63, 3.8) is 0 Å². The normalized spacial score (nSPS) is 23.3. The van der Waals surface area contributed by atoms with Gasteiger partial charge in [-0.3, -0.25) is 4.79 Å². The van der Waals surface area contributed by atoms with Crippen LogP contribution < -0.4 is 5.32 Å². The molecular formula is C13H21N3O2. The largest absolute Gasteiger partial charge is 0.341 e. The molecule has 1 heterocycles. The van der Waals surface area contributed by atoms with Gasteiger partial charge in [0.2, 0.25) is 5.91 Å². The van der Waals surface area contributed by atoms with Crippen LogP contribution in [0.5, 0.6) is 0 Å². The van der Waals surface area contributed by atoms with E-state index in [0.29, 0.717) is 38.5 Å². The van der Waals surface area contributed by atoms with Crippen LogP contribution in [-0.4, -0.2) is 55.0 Å². The van der Waals surface area contributed by atoms with E-state index in [-0.39, 0.29) is 11.9 Å². The fourth-order valence-electron chi connectivity index (χ4n) is 2.54. The number of amides is 3. The van der Waals surface area contributed by atoms with E-state index < -0.39 is 0 Å². The van der Waals surface area contributed by atoms with Gasteiger partial charge in [-0.1, -0.05) is 12.2 Å². The molecule has 3 amide bonds. The fourth-order valence-corrected chi connectivity index (χ4v) is 2.54. The smallest absolute Gasteiger partial charge is 0.317 e. The van der Waals surface area contributed by atoms with E-state index in [2.05, 4.69) is 17.5 Å². The average molecular weight is 251 g/mol. The van der Waals surface area contributed by atoms with Crippen LogP contribution in [0.15, 0.2) is 12.2 Å². The molecule has 1 fully saturated rings. The lowest BCUT2D eigenvalue weighted by atomic mass is 10.0. The highest BCUT2D eigenvalue weighted by Gasteiger charge is 2.25. The highest BCUT2D eigenvalue weighted by atomic mass is 16.2. The van der Waals surface area contributed by atoms with Crippen molar-refractivity contribution in [3.8, 4) is 0 Å². The Balaban J connectivity index is 1.76. The molecule has 1 unspecified atom stereocenters. The Hall–Kier alpha value is -1.52. The van der Waals surface area contributed by atoms with Crippen molar-refractivity contribution in [1.29, 1.82) is 0 Å². The van der Waals surface area contributed by atoms with Gasteiger partial charge in [0.15, 0.2) is 0 Å². The zero-order valence-electron chi connectivity index (χ0n) is 10.9. The first-order chi connectivity index (χ1) is 8.70. The molecule has 0 bridgehead atoms. The van der Waals surface area contributed by atoms with Crippen molar-refractivity contribution in [3.05, 3.63) is 12.2 Å². The van der Waals surface area contributed by atoms with Gasteiger partial charge in [0.05, 0.1) is 0 Å². The monoisotopic (exact) mass is 251 g/mol. The van der Waals surface area contributed by atoms with Crippen LogP contribution in [-0.2, 0) is 4.79 Å². The molecule has 0 radical (unpaired) electrons. The Morgan fingerprint density at radius 3 is 2.44 bits per heavy atom. The number of nitrogens with one attached hydrogen (secondary N) is 1. The zero-order valence-corrected chi connectivity index (χ0v) is 10.9. The maximum absolute atomic E-state index is 12.1. The van der Waals surface area contributed by atoms with Crippen LogP contribution >= 0.6 is 0 Å². The molecule has 1 N–H and O–H groups in total. The molecule has 0 aromatic heterocycles. The second-order valence-electron chi connectivity index (χ2n) is 4.89. The van der Waals surface area contributed by atoms with Gasteiger partial charge in [0.1, 0.15) is 0 Å². The Morgan fingerprint density at radius 1 is 1.22 bits per heavy atom. The summed E-state index contributed by atoms with van der Waals surface area (Å²) in [6.07, 6.45) is 7.13. The third kappa shape index (κ3) is 3.03. The maximum atomic E-state index is 12.1. The predicted octanol–water partition coefficient (Wildman–Crippen LogP) is 0.826. The van der Waals surface area contributed by atoms with Crippen LogP contribution in [0, 0.1) is 5.92 Å². The molecule has 1 saturated heterocycles. The van der Waals surface area contributed by atoms with Gasteiger partial charge < -0.3 is 15.1 Å². The van der Waals surface area contributed by atoms with Gasteiger partial charge in [-0.2, -0.15) is 0 Å². The summed E-state index contributed by atoms with van der Waals surface area (Å²) in [6, 6.07) is -0.0548. The van der Waals surface area contributed by atoms with Crippen LogP contribution in [0.2, 0.25) is 0 Å². The average Bonchev–Trinajstić information content (AvgIpc) is 2.91. The molecule has 0 aromatic rings. The van der Waals surface area contributed by atoms with Gasteiger partial charge >= 0.3 is 6.03 Å². The lowest BCUT2D eigenvalue weighted by Crippen LogP contribution is -2.52. The molecule has 1 aliphatic heterocycles. The van der Waals surface area contributed by atoms with E-state index in [9.17, 15) is 9.59 Å². The van der Waals surface area contributed by atoms with Crippen molar-refractivity contribution in [2.45, 2.75) is 19.3 Å². The van der Waals surface area contributed by atoms with Crippen molar-refractivity contribution in [2.75, 3.05) is 33.2 Å². The first-order valence-corrected chi connectivity index (χ1v) is 6.62. The van der Waals surface area contributed by atoms with Crippen LogP contribution in [0.1, 0.15) is 19.3 Å². The molecule has 100 valence electrons. The summed E-state index contributed by atoms with van der Waals surface area (Å²) in [7, 11) is 1.63. The SMILES string of the molecule is CNC(=O)N1CCN(C(=O)CC2C=CCC2)CC1. The molecular weight excluding hydrogens is 230 g/mol. The minimum absolute atomic E-state index is 0.0548. The topological polar surface area (TPSA) is 52.7 Å². The van der Waals surface area contributed by atoms with Gasteiger partial charge in [-0.25, -0.2) is 4.79 Å². The second-order valence-corrected chi connectivity index (χ2v) is 4.89. The van der Waals surface area contributed by atoms with E-state index in [0.717, 1.165) is 12.8 Å². The van der Waals surface area contributed by atoms with E-state index in [1.165, 1.54) is 0 Å². The van der Waals surface area contributed by atoms with Crippen molar-refractivity contribution in [1.82, 2.24) is 15.1 Å². The van der Waals surface area contributed by atoms with Gasteiger partial charge in [0, 0.05) is 39.6 Å².